The lowest BCUT2D eigenvalue weighted by Gasteiger charge is -2.18. The first-order chi connectivity index (χ1) is 12.8. The van der Waals surface area contributed by atoms with Crippen molar-refractivity contribution in [2.75, 3.05) is 30.9 Å². The van der Waals surface area contributed by atoms with Crippen LogP contribution in [0.4, 0.5) is 11.8 Å². The number of hydrogen-bond donors (Lipinski definition) is 2. The summed E-state index contributed by atoms with van der Waals surface area (Å²) in [4.78, 5) is 9.42. The molecule has 0 unspecified atom stereocenters. The minimum atomic E-state index is 0.511. The highest BCUT2D eigenvalue weighted by molar-refractivity contribution is 5.64. The van der Waals surface area contributed by atoms with Crippen LogP contribution in [0.3, 0.4) is 0 Å². The van der Waals surface area contributed by atoms with E-state index in [-0.39, 0.29) is 0 Å². The first-order valence-corrected chi connectivity index (χ1v) is 9.79. The molecule has 3 rings (SSSR count). The van der Waals surface area contributed by atoms with Gasteiger partial charge in [0.05, 0.1) is 5.69 Å². The van der Waals surface area contributed by atoms with E-state index in [0.717, 1.165) is 36.6 Å². The molecule has 0 bridgehead atoms. The molecule has 1 aromatic carbocycles. The Bertz CT molecular complexity index is 654. The number of ether oxygens (including phenoxy) is 1. The van der Waals surface area contributed by atoms with Gasteiger partial charge in [-0.05, 0) is 19.3 Å². The van der Waals surface area contributed by atoms with Crippen molar-refractivity contribution in [2.24, 2.45) is 0 Å². The van der Waals surface area contributed by atoms with Gasteiger partial charge in [0.1, 0.15) is 5.82 Å². The second-order valence-corrected chi connectivity index (χ2v) is 6.93. The summed E-state index contributed by atoms with van der Waals surface area (Å²) in [5.41, 5.74) is 2.06. The standard InChI is InChI=1S/C21H30N4O/c1-26-15-9-14-22-21-24-19(17-10-5-4-6-11-17)16-20(25-21)23-18-12-7-2-3-8-13-18/h4-6,10-11,16,18H,2-3,7-9,12-15H2,1H3,(H2,22,23,24,25). The Hall–Kier alpha value is -2.14. The monoisotopic (exact) mass is 354 g/mol. The molecule has 0 radical (unpaired) electrons. The highest BCUT2D eigenvalue weighted by atomic mass is 16.5. The fraction of sp³-hybridized carbons (Fsp3) is 0.524. The molecule has 1 saturated carbocycles. The Balaban J connectivity index is 1.77. The fourth-order valence-electron chi connectivity index (χ4n) is 3.41. The first-order valence-electron chi connectivity index (χ1n) is 9.79. The molecule has 2 aromatic rings. The van der Waals surface area contributed by atoms with Crippen LogP contribution in [-0.4, -0.2) is 36.3 Å². The van der Waals surface area contributed by atoms with Crippen LogP contribution >= 0.6 is 0 Å². The van der Waals surface area contributed by atoms with Crippen molar-refractivity contribution in [3.8, 4) is 11.3 Å². The Kier molecular flexibility index (Phi) is 7.25. The number of hydrogen-bond acceptors (Lipinski definition) is 5. The van der Waals surface area contributed by atoms with Crippen LogP contribution in [0.25, 0.3) is 11.3 Å². The molecule has 0 aliphatic heterocycles. The van der Waals surface area contributed by atoms with Crippen molar-refractivity contribution < 1.29 is 4.74 Å². The zero-order valence-electron chi connectivity index (χ0n) is 15.7. The van der Waals surface area contributed by atoms with Crippen molar-refractivity contribution in [1.82, 2.24) is 9.97 Å². The molecule has 1 aromatic heterocycles. The molecule has 26 heavy (non-hydrogen) atoms. The summed E-state index contributed by atoms with van der Waals surface area (Å²) in [6.45, 7) is 1.54. The summed E-state index contributed by atoms with van der Waals surface area (Å²) in [5, 5.41) is 6.99. The van der Waals surface area contributed by atoms with E-state index in [1.807, 2.05) is 18.2 Å². The van der Waals surface area contributed by atoms with Gasteiger partial charge >= 0.3 is 0 Å². The lowest BCUT2D eigenvalue weighted by molar-refractivity contribution is 0.197. The van der Waals surface area contributed by atoms with Crippen molar-refractivity contribution in [3.63, 3.8) is 0 Å². The first kappa shape index (κ1) is 18.6. The van der Waals surface area contributed by atoms with E-state index >= 15 is 0 Å². The average Bonchev–Trinajstić information content (AvgIpc) is 2.94. The van der Waals surface area contributed by atoms with Gasteiger partial charge < -0.3 is 15.4 Å². The Labute approximate surface area is 156 Å². The maximum Gasteiger partial charge on any atom is 0.225 e. The summed E-state index contributed by atoms with van der Waals surface area (Å²) >= 11 is 0. The molecule has 0 spiro atoms. The van der Waals surface area contributed by atoms with Gasteiger partial charge in [0, 0.05) is 37.9 Å². The van der Waals surface area contributed by atoms with E-state index in [1.54, 1.807) is 7.11 Å². The summed E-state index contributed by atoms with van der Waals surface area (Å²) < 4.78 is 5.12. The zero-order valence-corrected chi connectivity index (χ0v) is 15.7. The summed E-state index contributed by atoms with van der Waals surface area (Å²) in [5.74, 6) is 1.60. The molecule has 0 saturated heterocycles. The third-order valence-electron chi connectivity index (χ3n) is 4.81. The molecule has 1 fully saturated rings. The molecular weight excluding hydrogens is 324 g/mol. The zero-order chi connectivity index (χ0) is 18.0. The third kappa shape index (κ3) is 5.70. The molecular formula is C21H30N4O. The van der Waals surface area contributed by atoms with Gasteiger partial charge in [0.15, 0.2) is 0 Å². The number of nitrogens with zero attached hydrogens (tertiary/aromatic N) is 2. The maximum absolute atomic E-state index is 5.12. The summed E-state index contributed by atoms with van der Waals surface area (Å²) in [6.07, 6.45) is 8.68. The number of aromatic nitrogens is 2. The number of nitrogens with one attached hydrogen (secondary N) is 2. The van der Waals surface area contributed by atoms with Gasteiger partial charge in [-0.2, -0.15) is 4.98 Å². The highest BCUT2D eigenvalue weighted by Crippen LogP contribution is 2.24. The predicted octanol–water partition coefficient (Wildman–Crippen LogP) is 4.73. The number of methoxy groups -OCH3 is 1. The molecule has 2 N–H and O–H groups in total. The van der Waals surface area contributed by atoms with Crippen molar-refractivity contribution in [1.29, 1.82) is 0 Å². The quantitative estimate of drug-likeness (QED) is 0.530. The molecule has 1 aliphatic carbocycles. The topological polar surface area (TPSA) is 59.1 Å². The van der Waals surface area contributed by atoms with E-state index in [9.17, 15) is 0 Å². The number of benzene rings is 1. The predicted molar refractivity (Wildman–Crippen MR) is 108 cm³/mol. The van der Waals surface area contributed by atoms with Gasteiger partial charge in [-0.15, -0.1) is 0 Å². The molecule has 140 valence electrons. The molecule has 5 nitrogen and oxygen atoms in total. The van der Waals surface area contributed by atoms with Gasteiger partial charge in [-0.25, -0.2) is 4.98 Å². The van der Waals surface area contributed by atoms with E-state index in [1.165, 1.54) is 38.5 Å². The van der Waals surface area contributed by atoms with Crippen LogP contribution in [0.1, 0.15) is 44.9 Å². The lowest BCUT2D eigenvalue weighted by Crippen LogP contribution is -2.20. The normalized spacial score (nSPS) is 15.4. The molecule has 1 aliphatic rings. The van der Waals surface area contributed by atoms with E-state index < -0.39 is 0 Å². The van der Waals surface area contributed by atoms with Gasteiger partial charge in [-0.1, -0.05) is 56.0 Å². The SMILES string of the molecule is COCCCNc1nc(NC2CCCCCC2)cc(-c2ccccc2)n1. The van der Waals surface area contributed by atoms with Crippen LogP contribution in [0.2, 0.25) is 0 Å². The van der Waals surface area contributed by atoms with Gasteiger partial charge in [-0.3, -0.25) is 0 Å². The van der Waals surface area contributed by atoms with E-state index in [0.29, 0.717) is 12.0 Å². The van der Waals surface area contributed by atoms with Crippen molar-refractivity contribution >= 4 is 11.8 Å². The third-order valence-corrected chi connectivity index (χ3v) is 4.81. The molecule has 0 atom stereocenters. The Morgan fingerprint density at radius 3 is 2.54 bits per heavy atom. The highest BCUT2D eigenvalue weighted by Gasteiger charge is 2.14. The van der Waals surface area contributed by atoms with Crippen molar-refractivity contribution in [2.45, 2.75) is 51.0 Å². The van der Waals surface area contributed by atoms with Crippen molar-refractivity contribution in [3.05, 3.63) is 36.4 Å². The fourth-order valence-corrected chi connectivity index (χ4v) is 3.41. The number of rotatable bonds is 8. The van der Waals surface area contributed by atoms with Crippen LogP contribution in [0, 0.1) is 0 Å². The van der Waals surface area contributed by atoms with E-state index in [4.69, 9.17) is 14.7 Å². The van der Waals surface area contributed by atoms with Gasteiger partial charge in [0.25, 0.3) is 0 Å². The maximum atomic E-state index is 5.12. The summed E-state index contributed by atoms with van der Waals surface area (Å²) in [6, 6.07) is 12.9. The Morgan fingerprint density at radius 1 is 1.04 bits per heavy atom. The minimum Gasteiger partial charge on any atom is -0.385 e. The largest absolute Gasteiger partial charge is 0.385 e. The molecule has 1 heterocycles. The van der Waals surface area contributed by atoms with Crippen LogP contribution < -0.4 is 10.6 Å². The Morgan fingerprint density at radius 2 is 1.81 bits per heavy atom. The second-order valence-electron chi connectivity index (χ2n) is 6.93. The summed E-state index contributed by atoms with van der Waals surface area (Å²) in [7, 11) is 1.72. The smallest absolute Gasteiger partial charge is 0.225 e. The number of anilines is 2. The lowest BCUT2D eigenvalue weighted by atomic mass is 10.1. The van der Waals surface area contributed by atoms with Crippen LogP contribution in [0.5, 0.6) is 0 Å². The molecule has 5 heteroatoms. The van der Waals surface area contributed by atoms with Crippen LogP contribution in [-0.2, 0) is 4.74 Å². The minimum absolute atomic E-state index is 0.511. The van der Waals surface area contributed by atoms with Crippen LogP contribution in [0.15, 0.2) is 36.4 Å². The molecule has 0 amide bonds. The second kappa shape index (κ2) is 10.1. The average molecular weight is 354 g/mol. The van der Waals surface area contributed by atoms with E-state index in [2.05, 4.69) is 28.8 Å². The van der Waals surface area contributed by atoms with Gasteiger partial charge in [0.2, 0.25) is 5.95 Å².